The smallest absolute Gasteiger partial charge is 0.338 e. The summed E-state index contributed by atoms with van der Waals surface area (Å²) >= 11 is 1.12. The molecular weight excluding hydrogens is 435 g/mol. The van der Waals surface area contributed by atoms with Gasteiger partial charge in [0.2, 0.25) is 11.8 Å². The third-order valence-electron chi connectivity index (χ3n) is 4.13. The van der Waals surface area contributed by atoms with Gasteiger partial charge >= 0.3 is 5.97 Å². The number of thiazole rings is 1. The Morgan fingerprint density at radius 3 is 2.56 bits per heavy atom. The monoisotopic (exact) mass is 452 g/mol. The Hall–Kier alpha value is -4.10. The van der Waals surface area contributed by atoms with E-state index in [0.29, 0.717) is 11.4 Å². The molecule has 3 aromatic rings. The van der Waals surface area contributed by atoms with Crippen LogP contribution in [0.15, 0.2) is 53.9 Å². The summed E-state index contributed by atoms with van der Waals surface area (Å²) in [5.74, 6) is -2.02. The highest BCUT2D eigenvalue weighted by molar-refractivity contribution is 7.14. The standard InChI is InChI=1S/C22H17FN4O4S/c1-14(28)27(19-5-3-2-4-18(19)23)22-26-17(13-32-22)12-31-21(30)15-6-8-16(9-7-15)25-20(29)10-11-24/h2-9,13H,10,12H2,1H3,(H,25,29). The summed E-state index contributed by atoms with van der Waals surface area (Å²) in [7, 11) is 0. The lowest BCUT2D eigenvalue weighted by molar-refractivity contribution is -0.116. The number of rotatable bonds is 7. The number of hydrogen-bond acceptors (Lipinski definition) is 7. The molecule has 0 aliphatic rings. The SMILES string of the molecule is CC(=O)N(c1nc(COC(=O)c2ccc(NC(=O)CC#N)cc2)cs1)c1ccccc1F. The molecule has 10 heteroatoms. The second-order valence-electron chi connectivity index (χ2n) is 6.46. The minimum absolute atomic E-state index is 0.0832. The van der Waals surface area contributed by atoms with E-state index in [1.165, 1.54) is 49.4 Å². The summed E-state index contributed by atoms with van der Waals surface area (Å²) in [6, 6.07) is 13.6. The molecule has 0 atom stereocenters. The third-order valence-corrected chi connectivity index (χ3v) is 5.01. The van der Waals surface area contributed by atoms with Crippen LogP contribution in [0.3, 0.4) is 0 Å². The Bertz CT molecular complexity index is 1190. The molecule has 0 spiro atoms. The minimum Gasteiger partial charge on any atom is -0.456 e. The lowest BCUT2D eigenvalue weighted by atomic mass is 10.2. The second kappa shape index (κ2) is 10.3. The number of nitrogens with zero attached hydrogens (tertiary/aromatic N) is 3. The zero-order valence-corrected chi connectivity index (χ0v) is 17.7. The Morgan fingerprint density at radius 1 is 1.19 bits per heavy atom. The Kier molecular flexibility index (Phi) is 7.25. The predicted octanol–water partition coefficient (Wildman–Crippen LogP) is 4.18. The summed E-state index contributed by atoms with van der Waals surface area (Å²) in [5.41, 5.74) is 1.19. The van der Waals surface area contributed by atoms with Crippen molar-refractivity contribution in [3.05, 3.63) is 71.0 Å². The van der Waals surface area contributed by atoms with Crippen LogP contribution in [0.1, 0.15) is 29.4 Å². The van der Waals surface area contributed by atoms with Crippen molar-refractivity contribution in [3.8, 4) is 6.07 Å². The molecular formula is C22H17FN4O4S. The summed E-state index contributed by atoms with van der Waals surface area (Å²) in [5, 5.41) is 12.9. The number of aromatic nitrogens is 1. The average molecular weight is 452 g/mol. The van der Waals surface area contributed by atoms with Crippen molar-refractivity contribution >= 4 is 45.6 Å². The molecule has 0 saturated heterocycles. The molecule has 8 nitrogen and oxygen atoms in total. The zero-order valence-electron chi connectivity index (χ0n) is 16.9. The number of halogens is 1. The summed E-state index contributed by atoms with van der Waals surface area (Å²) < 4.78 is 19.4. The third kappa shape index (κ3) is 5.53. The highest BCUT2D eigenvalue weighted by Crippen LogP contribution is 2.30. The first-order valence-electron chi connectivity index (χ1n) is 9.32. The fraction of sp³-hybridized carbons (Fsp3) is 0.136. The molecule has 1 N–H and O–H groups in total. The van der Waals surface area contributed by atoms with E-state index in [0.717, 1.165) is 16.2 Å². The topological polar surface area (TPSA) is 112 Å². The molecule has 2 aromatic carbocycles. The molecule has 162 valence electrons. The number of carbonyl (C=O) groups excluding carboxylic acids is 3. The van der Waals surface area contributed by atoms with Crippen LogP contribution in [-0.2, 0) is 20.9 Å². The van der Waals surface area contributed by atoms with Gasteiger partial charge in [0.25, 0.3) is 0 Å². The number of para-hydroxylation sites is 1. The van der Waals surface area contributed by atoms with Gasteiger partial charge in [-0.1, -0.05) is 12.1 Å². The minimum atomic E-state index is -0.605. The molecule has 2 amide bonds. The van der Waals surface area contributed by atoms with Gasteiger partial charge in [-0.25, -0.2) is 14.2 Å². The van der Waals surface area contributed by atoms with Gasteiger partial charge in [0.05, 0.1) is 23.0 Å². The van der Waals surface area contributed by atoms with Gasteiger partial charge in [-0.05, 0) is 36.4 Å². The highest BCUT2D eigenvalue weighted by Gasteiger charge is 2.21. The van der Waals surface area contributed by atoms with Gasteiger partial charge in [-0.3, -0.25) is 14.5 Å². The van der Waals surface area contributed by atoms with Crippen molar-refractivity contribution in [2.24, 2.45) is 0 Å². The predicted molar refractivity (Wildman–Crippen MR) is 116 cm³/mol. The van der Waals surface area contributed by atoms with E-state index in [1.54, 1.807) is 17.5 Å². The number of nitriles is 1. The van der Waals surface area contributed by atoms with Crippen LogP contribution in [0.4, 0.5) is 20.9 Å². The lowest BCUT2D eigenvalue weighted by Crippen LogP contribution is -2.23. The number of esters is 1. The molecule has 0 aliphatic carbocycles. The van der Waals surface area contributed by atoms with Gasteiger partial charge in [0, 0.05) is 18.0 Å². The van der Waals surface area contributed by atoms with Gasteiger partial charge < -0.3 is 10.1 Å². The molecule has 1 aromatic heterocycles. The Labute approximate surface area is 186 Å². The van der Waals surface area contributed by atoms with E-state index in [1.807, 2.05) is 0 Å². The van der Waals surface area contributed by atoms with E-state index in [2.05, 4.69) is 10.3 Å². The maximum absolute atomic E-state index is 14.1. The number of amides is 2. The molecule has 0 saturated carbocycles. The number of nitrogens with one attached hydrogen (secondary N) is 1. The average Bonchev–Trinajstić information content (AvgIpc) is 3.22. The van der Waals surface area contributed by atoms with Crippen LogP contribution >= 0.6 is 11.3 Å². The molecule has 0 bridgehead atoms. The van der Waals surface area contributed by atoms with Crippen LogP contribution in [0.2, 0.25) is 0 Å². The first kappa shape index (κ1) is 22.6. The number of ether oxygens (including phenoxy) is 1. The quantitative estimate of drug-likeness (QED) is 0.538. The van der Waals surface area contributed by atoms with E-state index < -0.39 is 23.6 Å². The fourth-order valence-electron chi connectivity index (χ4n) is 2.70. The largest absolute Gasteiger partial charge is 0.456 e. The zero-order chi connectivity index (χ0) is 23.1. The molecule has 32 heavy (non-hydrogen) atoms. The number of benzene rings is 2. The van der Waals surface area contributed by atoms with Crippen molar-refractivity contribution in [2.45, 2.75) is 20.0 Å². The van der Waals surface area contributed by atoms with Gasteiger partial charge in [-0.2, -0.15) is 5.26 Å². The molecule has 0 aliphatic heterocycles. The van der Waals surface area contributed by atoms with Crippen LogP contribution in [0, 0.1) is 17.1 Å². The van der Waals surface area contributed by atoms with Crippen molar-refractivity contribution < 1.29 is 23.5 Å². The van der Waals surface area contributed by atoms with Crippen molar-refractivity contribution in [3.63, 3.8) is 0 Å². The van der Waals surface area contributed by atoms with Crippen molar-refractivity contribution in [1.82, 2.24) is 4.98 Å². The van der Waals surface area contributed by atoms with Gasteiger partial charge in [0.15, 0.2) is 5.13 Å². The molecule has 3 rings (SSSR count). The lowest BCUT2D eigenvalue weighted by Gasteiger charge is -2.18. The van der Waals surface area contributed by atoms with Crippen LogP contribution < -0.4 is 10.2 Å². The maximum Gasteiger partial charge on any atom is 0.338 e. The fourth-order valence-corrected chi connectivity index (χ4v) is 3.56. The first-order valence-corrected chi connectivity index (χ1v) is 10.2. The van der Waals surface area contributed by atoms with Gasteiger partial charge in [-0.15, -0.1) is 11.3 Å². The maximum atomic E-state index is 14.1. The van der Waals surface area contributed by atoms with Crippen molar-refractivity contribution in [1.29, 1.82) is 5.26 Å². The van der Waals surface area contributed by atoms with E-state index in [-0.39, 0.29) is 29.4 Å². The van der Waals surface area contributed by atoms with Crippen LogP contribution in [0.25, 0.3) is 0 Å². The molecule has 0 radical (unpaired) electrons. The molecule has 0 unspecified atom stereocenters. The number of hydrogen-bond donors (Lipinski definition) is 1. The summed E-state index contributed by atoms with van der Waals surface area (Å²) in [4.78, 5) is 41.2. The van der Waals surface area contributed by atoms with Crippen LogP contribution in [0.5, 0.6) is 0 Å². The second-order valence-corrected chi connectivity index (χ2v) is 7.30. The molecule has 0 fully saturated rings. The van der Waals surface area contributed by atoms with Crippen molar-refractivity contribution in [2.75, 3.05) is 10.2 Å². The van der Waals surface area contributed by atoms with Crippen LogP contribution in [-0.4, -0.2) is 22.8 Å². The first-order chi connectivity index (χ1) is 15.4. The van der Waals surface area contributed by atoms with Gasteiger partial charge in [0.1, 0.15) is 18.8 Å². The normalized spacial score (nSPS) is 10.2. The van der Waals surface area contributed by atoms with E-state index >= 15 is 0 Å². The van der Waals surface area contributed by atoms with E-state index in [9.17, 15) is 18.8 Å². The highest BCUT2D eigenvalue weighted by atomic mass is 32.1. The van der Waals surface area contributed by atoms with E-state index in [4.69, 9.17) is 10.00 Å². The summed E-state index contributed by atoms with van der Waals surface area (Å²) in [6.07, 6.45) is -0.266. The number of carbonyl (C=O) groups is 3. The molecule has 1 heterocycles. The number of anilines is 3. The summed E-state index contributed by atoms with van der Waals surface area (Å²) in [6.45, 7) is 1.17. The Balaban J connectivity index is 1.64. The Morgan fingerprint density at radius 2 is 1.91 bits per heavy atom.